The standard InChI is InChI=1S/C14H18N4O/c1-9-12(15)5-4-6-13(9)17-14(19)7-18-8-16-10(2)11(18)3/h4-6,8H,7,15H2,1-3H3,(H,17,19). The molecule has 0 saturated heterocycles. The second-order valence-corrected chi connectivity index (χ2v) is 4.61. The second kappa shape index (κ2) is 5.14. The summed E-state index contributed by atoms with van der Waals surface area (Å²) in [6.45, 7) is 6.01. The first-order valence-corrected chi connectivity index (χ1v) is 6.12. The lowest BCUT2D eigenvalue weighted by atomic mass is 10.1. The lowest BCUT2D eigenvalue weighted by Gasteiger charge is -2.11. The zero-order valence-corrected chi connectivity index (χ0v) is 11.4. The van der Waals surface area contributed by atoms with E-state index in [0.29, 0.717) is 5.69 Å². The van der Waals surface area contributed by atoms with Gasteiger partial charge in [-0.3, -0.25) is 4.79 Å². The van der Waals surface area contributed by atoms with Gasteiger partial charge in [-0.05, 0) is 38.5 Å². The lowest BCUT2D eigenvalue weighted by molar-refractivity contribution is -0.116. The highest BCUT2D eigenvalue weighted by Gasteiger charge is 2.09. The van der Waals surface area contributed by atoms with Crippen LogP contribution in [0.5, 0.6) is 0 Å². The van der Waals surface area contributed by atoms with E-state index in [4.69, 9.17) is 5.73 Å². The van der Waals surface area contributed by atoms with Crippen LogP contribution in [0.25, 0.3) is 0 Å². The average Bonchev–Trinajstić information content (AvgIpc) is 2.67. The molecule has 0 saturated carbocycles. The highest BCUT2D eigenvalue weighted by molar-refractivity contribution is 5.92. The van der Waals surface area contributed by atoms with Crippen molar-refractivity contribution in [1.29, 1.82) is 0 Å². The summed E-state index contributed by atoms with van der Waals surface area (Å²) >= 11 is 0. The molecule has 100 valence electrons. The van der Waals surface area contributed by atoms with E-state index in [2.05, 4.69) is 10.3 Å². The number of nitrogens with two attached hydrogens (primary N) is 1. The molecule has 1 aromatic heterocycles. The molecule has 3 N–H and O–H groups in total. The van der Waals surface area contributed by atoms with Crippen LogP contribution < -0.4 is 11.1 Å². The molecule has 5 nitrogen and oxygen atoms in total. The molecule has 1 amide bonds. The van der Waals surface area contributed by atoms with Crippen LogP contribution in [0.3, 0.4) is 0 Å². The zero-order chi connectivity index (χ0) is 14.0. The molecule has 2 aromatic rings. The van der Waals surface area contributed by atoms with Crippen molar-refractivity contribution < 1.29 is 4.79 Å². The number of amides is 1. The summed E-state index contributed by atoms with van der Waals surface area (Å²) in [5.41, 5.74) is 10.1. The SMILES string of the molecule is Cc1ncn(CC(=O)Nc2cccc(N)c2C)c1C. The molecular formula is C14H18N4O. The van der Waals surface area contributed by atoms with E-state index >= 15 is 0 Å². The molecule has 0 atom stereocenters. The minimum atomic E-state index is -0.0887. The van der Waals surface area contributed by atoms with Crippen molar-refractivity contribution >= 4 is 17.3 Å². The summed E-state index contributed by atoms with van der Waals surface area (Å²) in [7, 11) is 0. The van der Waals surface area contributed by atoms with Crippen molar-refractivity contribution in [2.75, 3.05) is 11.1 Å². The van der Waals surface area contributed by atoms with E-state index in [1.807, 2.05) is 43.5 Å². The predicted molar refractivity (Wildman–Crippen MR) is 75.9 cm³/mol. The van der Waals surface area contributed by atoms with Crippen molar-refractivity contribution in [3.8, 4) is 0 Å². The maximum absolute atomic E-state index is 12.0. The number of imidazole rings is 1. The maximum Gasteiger partial charge on any atom is 0.244 e. The van der Waals surface area contributed by atoms with Crippen LogP contribution in [0.4, 0.5) is 11.4 Å². The third-order valence-electron chi connectivity index (χ3n) is 3.31. The Balaban J connectivity index is 2.10. The van der Waals surface area contributed by atoms with Gasteiger partial charge >= 0.3 is 0 Å². The fraction of sp³-hybridized carbons (Fsp3) is 0.286. The van der Waals surface area contributed by atoms with Crippen LogP contribution in [0.2, 0.25) is 0 Å². The second-order valence-electron chi connectivity index (χ2n) is 4.61. The van der Waals surface area contributed by atoms with Gasteiger partial charge in [0.1, 0.15) is 6.54 Å². The van der Waals surface area contributed by atoms with Gasteiger partial charge in [-0.15, -0.1) is 0 Å². The number of aromatic nitrogens is 2. The third kappa shape index (κ3) is 2.76. The summed E-state index contributed by atoms with van der Waals surface area (Å²) in [6.07, 6.45) is 1.68. The number of nitrogens with zero attached hydrogens (tertiary/aromatic N) is 2. The van der Waals surface area contributed by atoms with Gasteiger partial charge in [0.25, 0.3) is 0 Å². The van der Waals surface area contributed by atoms with Gasteiger partial charge in [-0.25, -0.2) is 4.98 Å². The molecule has 1 aromatic carbocycles. The highest BCUT2D eigenvalue weighted by Crippen LogP contribution is 2.20. The Hall–Kier alpha value is -2.30. The first kappa shape index (κ1) is 13.1. The number of rotatable bonds is 3. The van der Waals surface area contributed by atoms with E-state index in [1.54, 1.807) is 6.33 Å². The number of nitrogens with one attached hydrogen (secondary N) is 1. The Labute approximate surface area is 112 Å². The minimum absolute atomic E-state index is 0.0887. The number of nitrogen functional groups attached to an aromatic ring is 1. The summed E-state index contributed by atoms with van der Waals surface area (Å²) in [4.78, 5) is 16.2. The number of benzene rings is 1. The Morgan fingerprint density at radius 3 is 2.74 bits per heavy atom. The van der Waals surface area contributed by atoms with Crippen molar-refractivity contribution in [2.45, 2.75) is 27.3 Å². The van der Waals surface area contributed by atoms with Gasteiger partial charge in [-0.1, -0.05) is 6.07 Å². The monoisotopic (exact) mass is 258 g/mol. The molecule has 0 bridgehead atoms. The lowest BCUT2D eigenvalue weighted by Crippen LogP contribution is -2.19. The smallest absolute Gasteiger partial charge is 0.244 e. The van der Waals surface area contributed by atoms with E-state index in [-0.39, 0.29) is 12.5 Å². The normalized spacial score (nSPS) is 10.5. The third-order valence-corrected chi connectivity index (χ3v) is 3.31. The molecule has 0 fully saturated rings. The molecule has 2 rings (SSSR count). The average molecular weight is 258 g/mol. The summed E-state index contributed by atoms with van der Waals surface area (Å²) in [5, 5.41) is 2.87. The Bertz CT molecular complexity index is 616. The fourth-order valence-corrected chi connectivity index (χ4v) is 1.84. The molecule has 0 aliphatic heterocycles. The number of hydrogen-bond donors (Lipinski definition) is 2. The van der Waals surface area contributed by atoms with Gasteiger partial charge in [0.15, 0.2) is 0 Å². The van der Waals surface area contributed by atoms with Crippen LogP contribution in [0, 0.1) is 20.8 Å². The quantitative estimate of drug-likeness (QED) is 0.827. The largest absolute Gasteiger partial charge is 0.398 e. The maximum atomic E-state index is 12.0. The minimum Gasteiger partial charge on any atom is -0.398 e. The fourth-order valence-electron chi connectivity index (χ4n) is 1.84. The number of carbonyl (C=O) groups excluding carboxylic acids is 1. The van der Waals surface area contributed by atoms with Crippen LogP contribution >= 0.6 is 0 Å². The number of hydrogen-bond acceptors (Lipinski definition) is 3. The molecule has 1 heterocycles. The number of carbonyl (C=O) groups is 1. The summed E-state index contributed by atoms with van der Waals surface area (Å²) < 4.78 is 1.83. The Kier molecular flexibility index (Phi) is 3.55. The van der Waals surface area contributed by atoms with Gasteiger partial charge in [0, 0.05) is 17.1 Å². The Morgan fingerprint density at radius 1 is 1.37 bits per heavy atom. The molecule has 0 aliphatic rings. The molecule has 0 radical (unpaired) electrons. The Morgan fingerprint density at radius 2 is 2.11 bits per heavy atom. The molecule has 0 aliphatic carbocycles. The summed E-state index contributed by atoms with van der Waals surface area (Å²) in [5.74, 6) is -0.0887. The van der Waals surface area contributed by atoms with Crippen LogP contribution in [-0.4, -0.2) is 15.5 Å². The van der Waals surface area contributed by atoms with E-state index in [9.17, 15) is 4.79 Å². The van der Waals surface area contributed by atoms with Crippen LogP contribution in [0.15, 0.2) is 24.5 Å². The molecule has 5 heteroatoms. The summed E-state index contributed by atoms with van der Waals surface area (Å²) in [6, 6.07) is 5.48. The molecule has 0 unspecified atom stereocenters. The van der Waals surface area contributed by atoms with Crippen molar-refractivity contribution in [2.24, 2.45) is 0 Å². The van der Waals surface area contributed by atoms with Gasteiger partial charge < -0.3 is 15.6 Å². The van der Waals surface area contributed by atoms with Crippen LogP contribution in [-0.2, 0) is 11.3 Å². The van der Waals surface area contributed by atoms with Crippen LogP contribution in [0.1, 0.15) is 17.0 Å². The van der Waals surface area contributed by atoms with Crippen molar-refractivity contribution in [1.82, 2.24) is 9.55 Å². The zero-order valence-electron chi connectivity index (χ0n) is 11.4. The highest BCUT2D eigenvalue weighted by atomic mass is 16.1. The molecule has 0 spiro atoms. The van der Waals surface area contributed by atoms with Gasteiger partial charge in [-0.2, -0.15) is 0 Å². The van der Waals surface area contributed by atoms with E-state index in [1.165, 1.54) is 0 Å². The number of aryl methyl sites for hydroxylation is 1. The first-order chi connectivity index (χ1) is 8.99. The first-order valence-electron chi connectivity index (χ1n) is 6.12. The van der Waals surface area contributed by atoms with E-state index in [0.717, 1.165) is 22.6 Å². The molecule has 19 heavy (non-hydrogen) atoms. The number of anilines is 2. The molecular weight excluding hydrogens is 240 g/mol. The van der Waals surface area contributed by atoms with Crippen molar-refractivity contribution in [3.63, 3.8) is 0 Å². The van der Waals surface area contributed by atoms with Gasteiger partial charge in [0.05, 0.1) is 12.0 Å². The predicted octanol–water partition coefficient (Wildman–Crippen LogP) is 2.03. The van der Waals surface area contributed by atoms with E-state index < -0.39 is 0 Å². The topological polar surface area (TPSA) is 72.9 Å². The van der Waals surface area contributed by atoms with Gasteiger partial charge in [0.2, 0.25) is 5.91 Å². The van der Waals surface area contributed by atoms with Crippen molar-refractivity contribution in [3.05, 3.63) is 41.5 Å².